The lowest BCUT2D eigenvalue weighted by Gasteiger charge is -2.37. The Morgan fingerprint density at radius 1 is 1.31 bits per heavy atom. The second kappa shape index (κ2) is 8.65. The van der Waals surface area contributed by atoms with Crippen LogP contribution in [0.3, 0.4) is 0 Å². The Kier molecular flexibility index (Phi) is 6.22. The van der Waals surface area contributed by atoms with Gasteiger partial charge in [-0.2, -0.15) is 0 Å². The van der Waals surface area contributed by atoms with Gasteiger partial charge in [0.15, 0.2) is 11.6 Å². The zero-order valence-corrected chi connectivity index (χ0v) is 17.0. The summed E-state index contributed by atoms with van der Waals surface area (Å²) in [5.41, 5.74) is 13.1. The minimum atomic E-state index is -0.771. The van der Waals surface area contributed by atoms with E-state index in [9.17, 15) is 9.18 Å². The molecule has 1 saturated carbocycles. The van der Waals surface area contributed by atoms with Crippen LogP contribution >= 0.6 is 0 Å². The van der Waals surface area contributed by atoms with Crippen molar-refractivity contribution in [1.29, 1.82) is 0 Å². The molecule has 7 nitrogen and oxygen atoms in total. The highest BCUT2D eigenvalue weighted by Crippen LogP contribution is 2.33. The first-order valence-corrected chi connectivity index (χ1v) is 9.74. The third kappa shape index (κ3) is 4.59. The summed E-state index contributed by atoms with van der Waals surface area (Å²) < 4.78 is 20.0. The van der Waals surface area contributed by atoms with E-state index in [0.29, 0.717) is 17.4 Å². The topological polar surface area (TPSA) is 115 Å². The number of ether oxygens (including phenoxy) is 1. The quantitative estimate of drug-likeness (QED) is 0.539. The average Bonchev–Trinajstić information content (AvgIpc) is 2.63. The Morgan fingerprint density at radius 3 is 2.59 bits per heavy atom. The molecule has 1 amide bonds. The number of carbonyl (C=O) groups excluding carboxylic acids is 1. The standard InChI is InChI=1S/C21H28FN5O2/c1-11-7-8-14(9-17(11)29-3)25-20-15(19(24)28)10-16(22)21(27-20)26-18(12(2)23)13-5-4-6-13/h7-10,12-13,18H,4-6,23H2,1-3H3,(H2,24,28)(H2,25,26,27)/t12-,18-/m0/s1. The Labute approximate surface area is 170 Å². The predicted molar refractivity (Wildman–Crippen MR) is 112 cm³/mol. The molecule has 0 aliphatic heterocycles. The van der Waals surface area contributed by atoms with Crippen LogP contribution in [0.15, 0.2) is 24.3 Å². The lowest BCUT2D eigenvalue weighted by atomic mass is 9.77. The van der Waals surface area contributed by atoms with Crippen LogP contribution in [0.5, 0.6) is 5.75 Å². The molecule has 8 heteroatoms. The van der Waals surface area contributed by atoms with Gasteiger partial charge in [-0.3, -0.25) is 4.79 Å². The van der Waals surface area contributed by atoms with E-state index in [1.807, 2.05) is 26.0 Å². The molecule has 1 heterocycles. The van der Waals surface area contributed by atoms with E-state index in [1.54, 1.807) is 13.2 Å². The highest BCUT2D eigenvalue weighted by molar-refractivity contribution is 5.98. The molecule has 6 N–H and O–H groups in total. The van der Waals surface area contributed by atoms with Crippen molar-refractivity contribution in [2.75, 3.05) is 17.7 Å². The number of hydrogen-bond donors (Lipinski definition) is 4. The van der Waals surface area contributed by atoms with Gasteiger partial charge < -0.3 is 26.8 Å². The van der Waals surface area contributed by atoms with Crippen molar-refractivity contribution in [3.63, 3.8) is 0 Å². The number of methoxy groups -OCH3 is 1. The van der Waals surface area contributed by atoms with Crippen LogP contribution in [0.25, 0.3) is 0 Å². The zero-order valence-electron chi connectivity index (χ0n) is 17.0. The Morgan fingerprint density at radius 2 is 2.03 bits per heavy atom. The zero-order chi connectivity index (χ0) is 21.1. The minimum absolute atomic E-state index is 0.0337. The molecule has 1 aromatic heterocycles. The summed E-state index contributed by atoms with van der Waals surface area (Å²) in [5, 5.41) is 6.20. The number of amides is 1. The normalized spacial score (nSPS) is 15.9. The van der Waals surface area contributed by atoms with Gasteiger partial charge in [0.25, 0.3) is 5.91 Å². The van der Waals surface area contributed by atoms with Crippen molar-refractivity contribution >= 4 is 23.2 Å². The molecule has 1 fully saturated rings. The summed E-state index contributed by atoms with van der Waals surface area (Å²) in [7, 11) is 1.58. The minimum Gasteiger partial charge on any atom is -0.496 e. The maximum Gasteiger partial charge on any atom is 0.252 e. The van der Waals surface area contributed by atoms with Crippen molar-refractivity contribution in [3.05, 3.63) is 41.2 Å². The van der Waals surface area contributed by atoms with E-state index in [0.717, 1.165) is 30.9 Å². The Bertz CT molecular complexity index is 899. The van der Waals surface area contributed by atoms with Crippen molar-refractivity contribution in [2.24, 2.45) is 17.4 Å². The first-order chi connectivity index (χ1) is 13.8. The molecular formula is C21H28FN5O2. The van der Waals surface area contributed by atoms with E-state index in [4.69, 9.17) is 16.2 Å². The van der Waals surface area contributed by atoms with Gasteiger partial charge in [-0.1, -0.05) is 12.5 Å². The highest BCUT2D eigenvalue weighted by Gasteiger charge is 2.31. The van der Waals surface area contributed by atoms with Gasteiger partial charge in [0, 0.05) is 23.8 Å². The SMILES string of the molecule is COc1cc(Nc2nc(N[C@H](C3CCC3)[C@H](C)N)c(F)cc2C(N)=O)ccc1C. The number of nitrogens with one attached hydrogen (secondary N) is 2. The molecule has 0 spiro atoms. The number of anilines is 3. The van der Waals surface area contributed by atoms with E-state index in [2.05, 4.69) is 15.6 Å². The molecule has 2 atom stereocenters. The predicted octanol–water partition coefficient (Wildman–Crippen LogP) is 3.31. The molecule has 29 heavy (non-hydrogen) atoms. The van der Waals surface area contributed by atoms with Gasteiger partial charge in [0.2, 0.25) is 0 Å². The maximum absolute atomic E-state index is 14.7. The largest absolute Gasteiger partial charge is 0.496 e. The number of nitrogens with zero attached hydrogens (tertiary/aromatic N) is 1. The highest BCUT2D eigenvalue weighted by atomic mass is 19.1. The molecular weight excluding hydrogens is 373 g/mol. The molecule has 1 aromatic carbocycles. The van der Waals surface area contributed by atoms with Crippen molar-refractivity contribution < 1.29 is 13.9 Å². The van der Waals surface area contributed by atoms with Crippen molar-refractivity contribution in [2.45, 2.75) is 45.2 Å². The summed E-state index contributed by atoms with van der Waals surface area (Å²) in [6, 6.07) is 6.30. The van der Waals surface area contributed by atoms with Crippen LogP contribution in [0, 0.1) is 18.7 Å². The molecule has 0 bridgehead atoms. The molecule has 1 aliphatic carbocycles. The third-order valence-electron chi connectivity index (χ3n) is 5.44. The van der Waals surface area contributed by atoms with Gasteiger partial charge in [-0.25, -0.2) is 9.37 Å². The number of carbonyl (C=O) groups is 1. The van der Waals surface area contributed by atoms with Crippen molar-refractivity contribution in [1.82, 2.24) is 4.98 Å². The lowest BCUT2D eigenvalue weighted by Crippen LogP contribution is -2.46. The number of hydrogen-bond acceptors (Lipinski definition) is 6. The molecule has 0 radical (unpaired) electrons. The van der Waals surface area contributed by atoms with Gasteiger partial charge >= 0.3 is 0 Å². The van der Waals surface area contributed by atoms with Gasteiger partial charge in [-0.15, -0.1) is 0 Å². The molecule has 0 saturated heterocycles. The summed E-state index contributed by atoms with van der Waals surface area (Å²) in [5.74, 6) is -0.138. The summed E-state index contributed by atoms with van der Waals surface area (Å²) in [4.78, 5) is 16.2. The van der Waals surface area contributed by atoms with Gasteiger partial charge in [0.1, 0.15) is 11.6 Å². The van der Waals surface area contributed by atoms with Crippen LogP contribution in [0.2, 0.25) is 0 Å². The summed E-state index contributed by atoms with van der Waals surface area (Å²) in [6.45, 7) is 3.81. The molecule has 0 unspecified atom stereocenters. The number of aryl methyl sites for hydroxylation is 1. The van der Waals surface area contributed by atoms with Crippen LogP contribution in [-0.4, -0.2) is 30.1 Å². The van der Waals surface area contributed by atoms with E-state index in [-0.39, 0.29) is 29.3 Å². The van der Waals surface area contributed by atoms with E-state index in [1.165, 1.54) is 0 Å². The van der Waals surface area contributed by atoms with Crippen LogP contribution in [-0.2, 0) is 0 Å². The average molecular weight is 401 g/mol. The number of aromatic nitrogens is 1. The first-order valence-electron chi connectivity index (χ1n) is 9.74. The number of pyridine rings is 1. The second-order valence-electron chi connectivity index (χ2n) is 7.61. The second-order valence-corrected chi connectivity index (χ2v) is 7.61. The van der Waals surface area contributed by atoms with Gasteiger partial charge in [-0.05, 0) is 50.3 Å². The number of primary amides is 1. The fourth-order valence-corrected chi connectivity index (χ4v) is 3.54. The number of benzene rings is 1. The number of nitrogens with two attached hydrogens (primary N) is 2. The lowest BCUT2D eigenvalue weighted by molar-refractivity contribution is 0.100. The van der Waals surface area contributed by atoms with Crippen LogP contribution < -0.4 is 26.8 Å². The summed E-state index contributed by atoms with van der Waals surface area (Å²) in [6.07, 6.45) is 3.25. The smallest absolute Gasteiger partial charge is 0.252 e. The Hall–Kier alpha value is -2.87. The van der Waals surface area contributed by atoms with E-state index < -0.39 is 11.7 Å². The molecule has 156 valence electrons. The number of rotatable bonds is 8. The Balaban J connectivity index is 1.94. The molecule has 1 aliphatic rings. The maximum atomic E-state index is 14.7. The van der Waals surface area contributed by atoms with Crippen molar-refractivity contribution in [3.8, 4) is 5.75 Å². The fourth-order valence-electron chi connectivity index (χ4n) is 3.54. The van der Waals surface area contributed by atoms with Gasteiger partial charge in [0.05, 0.1) is 12.7 Å². The number of halogens is 1. The van der Waals surface area contributed by atoms with Crippen LogP contribution in [0.1, 0.15) is 42.1 Å². The fraction of sp³-hybridized carbons (Fsp3) is 0.429. The monoisotopic (exact) mass is 401 g/mol. The van der Waals surface area contributed by atoms with E-state index >= 15 is 0 Å². The van der Waals surface area contributed by atoms with Crippen LogP contribution in [0.4, 0.5) is 21.7 Å². The first kappa shape index (κ1) is 20.9. The molecule has 3 rings (SSSR count). The molecule has 2 aromatic rings. The third-order valence-corrected chi connectivity index (χ3v) is 5.44. The summed E-state index contributed by atoms with van der Waals surface area (Å²) >= 11 is 0.